The summed E-state index contributed by atoms with van der Waals surface area (Å²) in [4.78, 5) is 12.6. The van der Waals surface area contributed by atoms with E-state index >= 15 is 0 Å². The fourth-order valence-corrected chi connectivity index (χ4v) is 0.845. The van der Waals surface area contributed by atoms with Crippen LogP contribution in [0.5, 0.6) is 0 Å². The molecule has 0 saturated heterocycles. The highest BCUT2D eigenvalue weighted by Gasteiger charge is 1.95. The Hall–Kier alpha value is -0.830. The number of hydrogen-bond acceptors (Lipinski definition) is 3. The first kappa shape index (κ1) is 15.6. The highest BCUT2D eigenvalue weighted by molar-refractivity contribution is 5.86. The van der Waals surface area contributed by atoms with Gasteiger partial charge in [0.15, 0.2) is 0 Å². The van der Waals surface area contributed by atoms with Crippen LogP contribution in [-0.4, -0.2) is 37.6 Å². The van der Waals surface area contributed by atoms with Crippen molar-refractivity contribution in [3.8, 4) is 0 Å². The van der Waals surface area contributed by atoms with E-state index in [1.807, 2.05) is 0 Å². The van der Waals surface area contributed by atoms with Crippen LogP contribution in [0.15, 0.2) is 12.2 Å². The topological polar surface area (TPSA) is 29.5 Å². The molecule has 0 atom stereocenters. The van der Waals surface area contributed by atoms with Gasteiger partial charge in [0.25, 0.3) is 0 Å². The van der Waals surface area contributed by atoms with Crippen LogP contribution in [-0.2, 0) is 9.53 Å². The molecule has 0 aromatic carbocycles. The third kappa shape index (κ3) is 9.26. The number of esters is 1. The van der Waals surface area contributed by atoms with Crippen molar-refractivity contribution in [2.24, 2.45) is 0 Å². The van der Waals surface area contributed by atoms with Crippen molar-refractivity contribution in [2.45, 2.75) is 27.7 Å². The van der Waals surface area contributed by atoms with Gasteiger partial charge in [-0.1, -0.05) is 27.4 Å². The maximum atomic E-state index is 10.2. The van der Waals surface area contributed by atoms with Gasteiger partial charge in [0, 0.05) is 5.57 Å². The van der Waals surface area contributed by atoms with Gasteiger partial charge >= 0.3 is 5.97 Å². The molecule has 0 aliphatic carbocycles. The summed E-state index contributed by atoms with van der Waals surface area (Å²) in [5.41, 5.74) is 0.433. The second kappa shape index (κ2) is 10.3. The molecular formula is C11H23NO2. The Balaban J connectivity index is 0. The maximum absolute atomic E-state index is 10.2. The van der Waals surface area contributed by atoms with Crippen molar-refractivity contribution in [3.05, 3.63) is 12.2 Å². The van der Waals surface area contributed by atoms with Crippen molar-refractivity contribution in [3.63, 3.8) is 0 Å². The lowest BCUT2D eigenvalue weighted by atomic mass is 10.4. The Labute approximate surface area is 87.7 Å². The molecule has 0 spiro atoms. The van der Waals surface area contributed by atoms with Gasteiger partial charge in [-0.3, -0.25) is 0 Å². The molecule has 0 unspecified atom stereocenters. The monoisotopic (exact) mass is 201 g/mol. The van der Waals surface area contributed by atoms with Gasteiger partial charge in [0.1, 0.15) is 0 Å². The fourth-order valence-electron chi connectivity index (χ4n) is 0.845. The summed E-state index contributed by atoms with van der Waals surface area (Å²) in [5.74, 6) is -0.347. The van der Waals surface area contributed by atoms with Gasteiger partial charge in [-0.2, -0.15) is 0 Å². The van der Waals surface area contributed by atoms with Gasteiger partial charge in [0.2, 0.25) is 0 Å². The van der Waals surface area contributed by atoms with E-state index < -0.39 is 0 Å². The van der Waals surface area contributed by atoms with E-state index in [-0.39, 0.29) is 5.97 Å². The first-order valence-corrected chi connectivity index (χ1v) is 4.99. The Morgan fingerprint density at radius 2 is 1.57 bits per heavy atom. The zero-order valence-corrected chi connectivity index (χ0v) is 10.1. The van der Waals surface area contributed by atoms with E-state index in [0.717, 1.165) is 0 Å². The number of carbonyl (C=O) groups is 1. The summed E-state index contributed by atoms with van der Waals surface area (Å²) in [6, 6.07) is 0. The molecule has 0 saturated carbocycles. The normalized spacial score (nSPS) is 9.00. The van der Waals surface area contributed by atoms with Crippen LogP contribution >= 0.6 is 0 Å². The molecule has 0 rings (SSSR count). The smallest absolute Gasteiger partial charge is 0.332 e. The van der Waals surface area contributed by atoms with E-state index in [1.54, 1.807) is 6.92 Å². The summed E-state index contributed by atoms with van der Waals surface area (Å²) >= 11 is 0. The number of rotatable bonds is 4. The highest BCUT2D eigenvalue weighted by Crippen LogP contribution is 1.87. The molecule has 0 aliphatic rings. The lowest BCUT2D eigenvalue weighted by Crippen LogP contribution is -2.21. The Kier molecular flexibility index (Phi) is 11.4. The van der Waals surface area contributed by atoms with Crippen molar-refractivity contribution in [1.82, 2.24) is 4.90 Å². The second-order valence-electron chi connectivity index (χ2n) is 2.89. The average Bonchev–Trinajstić information content (AvgIpc) is 2.20. The first-order chi connectivity index (χ1) is 6.53. The minimum Gasteiger partial charge on any atom is -0.466 e. The molecule has 14 heavy (non-hydrogen) atoms. The molecular weight excluding hydrogens is 178 g/mol. The predicted octanol–water partition coefficient (Wildman–Crippen LogP) is 2.08. The van der Waals surface area contributed by atoms with Crippen LogP contribution in [0.25, 0.3) is 0 Å². The molecule has 0 fully saturated rings. The van der Waals surface area contributed by atoms with E-state index in [2.05, 4.69) is 37.0 Å². The SMILES string of the molecule is C=C(C)C(=O)OC.CCN(CC)CC. The van der Waals surface area contributed by atoms with Crippen LogP contribution < -0.4 is 0 Å². The van der Waals surface area contributed by atoms with E-state index in [9.17, 15) is 4.79 Å². The minimum atomic E-state index is -0.347. The van der Waals surface area contributed by atoms with Crippen molar-refractivity contribution < 1.29 is 9.53 Å². The van der Waals surface area contributed by atoms with Crippen LogP contribution in [0.2, 0.25) is 0 Å². The highest BCUT2D eigenvalue weighted by atomic mass is 16.5. The van der Waals surface area contributed by atoms with E-state index in [4.69, 9.17) is 0 Å². The van der Waals surface area contributed by atoms with Gasteiger partial charge < -0.3 is 9.64 Å². The zero-order valence-electron chi connectivity index (χ0n) is 10.1. The molecule has 0 N–H and O–H groups in total. The van der Waals surface area contributed by atoms with Crippen LogP contribution in [0.3, 0.4) is 0 Å². The number of carbonyl (C=O) groups excluding carboxylic acids is 1. The first-order valence-electron chi connectivity index (χ1n) is 4.99. The number of ether oxygens (including phenoxy) is 1. The summed E-state index contributed by atoms with van der Waals surface area (Å²) in [6.07, 6.45) is 0. The summed E-state index contributed by atoms with van der Waals surface area (Å²) < 4.78 is 4.27. The largest absolute Gasteiger partial charge is 0.466 e. The van der Waals surface area contributed by atoms with Crippen LogP contribution in [0, 0.1) is 0 Å². The standard InChI is InChI=1S/C6H15N.C5H8O2/c1-4-7(5-2)6-3;1-4(2)5(6)7-3/h4-6H2,1-3H3;1H2,2-3H3. The molecule has 0 amide bonds. The minimum absolute atomic E-state index is 0.347. The van der Waals surface area contributed by atoms with Crippen molar-refractivity contribution >= 4 is 5.97 Å². The summed E-state index contributed by atoms with van der Waals surface area (Å²) in [5, 5.41) is 0. The molecule has 3 nitrogen and oxygen atoms in total. The quantitative estimate of drug-likeness (QED) is 0.515. The molecule has 84 valence electrons. The van der Waals surface area contributed by atoms with E-state index in [0.29, 0.717) is 5.57 Å². The average molecular weight is 201 g/mol. The Morgan fingerprint density at radius 3 is 1.57 bits per heavy atom. The Morgan fingerprint density at radius 1 is 1.21 bits per heavy atom. The van der Waals surface area contributed by atoms with Crippen LogP contribution in [0.4, 0.5) is 0 Å². The predicted molar refractivity (Wildman–Crippen MR) is 60.3 cm³/mol. The summed E-state index contributed by atoms with van der Waals surface area (Å²) in [7, 11) is 1.33. The third-order valence-corrected chi connectivity index (χ3v) is 1.88. The van der Waals surface area contributed by atoms with Gasteiger partial charge in [-0.25, -0.2) is 4.79 Å². The number of hydrogen-bond donors (Lipinski definition) is 0. The van der Waals surface area contributed by atoms with E-state index in [1.165, 1.54) is 26.7 Å². The second-order valence-corrected chi connectivity index (χ2v) is 2.89. The number of methoxy groups -OCH3 is 1. The molecule has 0 radical (unpaired) electrons. The number of nitrogens with zero attached hydrogens (tertiary/aromatic N) is 1. The molecule has 0 aliphatic heterocycles. The molecule has 0 bridgehead atoms. The molecule has 0 aromatic heterocycles. The lowest BCUT2D eigenvalue weighted by molar-refractivity contribution is -0.136. The lowest BCUT2D eigenvalue weighted by Gasteiger charge is -2.13. The van der Waals surface area contributed by atoms with Gasteiger partial charge in [-0.05, 0) is 26.6 Å². The maximum Gasteiger partial charge on any atom is 0.332 e. The molecule has 3 heteroatoms. The third-order valence-electron chi connectivity index (χ3n) is 1.88. The Bertz CT molecular complexity index is 157. The van der Waals surface area contributed by atoms with Crippen LogP contribution in [0.1, 0.15) is 27.7 Å². The fraction of sp³-hybridized carbons (Fsp3) is 0.727. The van der Waals surface area contributed by atoms with Crippen molar-refractivity contribution in [1.29, 1.82) is 0 Å². The van der Waals surface area contributed by atoms with Crippen molar-refractivity contribution in [2.75, 3.05) is 26.7 Å². The zero-order chi connectivity index (χ0) is 11.6. The molecule has 0 aromatic rings. The molecule has 0 heterocycles. The van der Waals surface area contributed by atoms with Gasteiger partial charge in [-0.15, -0.1) is 0 Å². The summed E-state index contributed by atoms with van der Waals surface area (Å²) in [6.45, 7) is 15.1. The van der Waals surface area contributed by atoms with Gasteiger partial charge in [0.05, 0.1) is 7.11 Å².